The zero-order valence-corrected chi connectivity index (χ0v) is 21.8. The van der Waals surface area contributed by atoms with Crippen LogP contribution in [-0.2, 0) is 14.3 Å². The fourth-order valence-electron chi connectivity index (χ4n) is 4.50. The average Bonchev–Trinajstić information content (AvgIpc) is 3.53. The smallest absolute Gasteiger partial charge is 0.350 e. The van der Waals surface area contributed by atoms with Crippen molar-refractivity contribution in [1.82, 2.24) is 14.4 Å². The van der Waals surface area contributed by atoms with E-state index >= 15 is 0 Å². The number of anilines is 1. The second kappa shape index (κ2) is 9.71. The Morgan fingerprint density at radius 3 is 2.55 bits per heavy atom. The Balaban J connectivity index is 1.71. The van der Waals surface area contributed by atoms with E-state index in [4.69, 9.17) is 4.74 Å². The SMILES string of the molecule is C=CCOC(=O)c1sc(N2C(=O)C(=O)C(=C(O)c3c(C)nc4ccccn34)C2c2ccc(C)cc2)nc1C. The number of aromatic nitrogens is 3. The number of nitrogens with zero attached hydrogens (tertiary/aromatic N) is 4. The van der Waals surface area contributed by atoms with Crippen molar-refractivity contribution in [2.24, 2.45) is 0 Å². The van der Waals surface area contributed by atoms with Crippen LogP contribution in [-0.4, -0.2) is 43.7 Å². The van der Waals surface area contributed by atoms with E-state index in [2.05, 4.69) is 16.5 Å². The highest BCUT2D eigenvalue weighted by Crippen LogP contribution is 2.44. The maximum Gasteiger partial charge on any atom is 0.350 e. The monoisotopic (exact) mass is 528 g/mol. The molecule has 5 rings (SSSR count). The number of aryl methyl sites for hydroxylation is 3. The highest BCUT2D eigenvalue weighted by molar-refractivity contribution is 7.17. The number of thiazole rings is 1. The molecule has 0 aliphatic carbocycles. The summed E-state index contributed by atoms with van der Waals surface area (Å²) in [5, 5.41) is 11.7. The Hall–Kier alpha value is -4.57. The highest BCUT2D eigenvalue weighted by Gasteiger charge is 2.49. The van der Waals surface area contributed by atoms with Crippen molar-refractivity contribution in [3.05, 3.63) is 100.0 Å². The van der Waals surface area contributed by atoms with Gasteiger partial charge in [0.1, 0.15) is 22.8 Å². The van der Waals surface area contributed by atoms with Gasteiger partial charge in [-0.25, -0.2) is 14.8 Å². The molecule has 0 radical (unpaired) electrons. The number of rotatable bonds is 6. The number of fused-ring (bicyclic) bond motifs is 1. The first-order valence-electron chi connectivity index (χ1n) is 11.8. The number of aliphatic hydroxyl groups is 1. The molecule has 1 aliphatic rings. The summed E-state index contributed by atoms with van der Waals surface area (Å²) in [6.07, 6.45) is 3.18. The lowest BCUT2D eigenvalue weighted by Crippen LogP contribution is -2.29. The van der Waals surface area contributed by atoms with E-state index in [0.29, 0.717) is 28.3 Å². The van der Waals surface area contributed by atoms with Crippen molar-refractivity contribution in [2.45, 2.75) is 26.8 Å². The molecule has 0 spiro atoms. The number of aliphatic hydroxyl groups excluding tert-OH is 1. The zero-order chi connectivity index (χ0) is 27.1. The second-order valence-electron chi connectivity index (χ2n) is 8.85. The lowest BCUT2D eigenvalue weighted by atomic mass is 9.96. The Labute approximate surface area is 222 Å². The van der Waals surface area contributed by atoms with E-state index in [1.807, 2.05) is 25.1 Å². The molecule has 1 amide bonds. The van der Waals surface area contributed by atoms with Crippen LogP contribution >= 0.6 is 11.3 Å². The van der Waals surface area contributed by atoms with Gasteiger partial charge in [-0.05, 0) is 38.5 Å². The number of benzene rings is 1. The number of carbonyl (C=O) groups excluding carboxylic acids is 3. The molecule has 1 N–H and O–H groups in total. The molecule has 192 valence electrons. The number of ether oxygens (including phenoxy) is 1. The molecule has 1 atom stereocenters. The summed E-state index contributed by atoms with van der Waals surface area (Å²) in [6.45, 7) is 8.85. The minimum Gasteiger partial charge on any atom is -0.505 e. The fraction of sp³-hybridized carbons (Fsp3) is 0.179. The predicted molar refractivity (Wildman–Crippen MR) is 143 cm³/mol. The second-order valence-corrected chi connectivity index (χ2v) is 9.83. The highest BCUT2D eigenvalue weighted by atomic mass is 32.1. The Morgan fingerprint density at radius 1 is 1.11 bits per heavy atom. The van der Waals surface area contributed by atoms with Gasteiger partial charge in [0.2, 0.25) is 0 Å². The maximum atomic E-state index is 13.5. The van der Waals surface area contributed by atoms with Gasteiger partial charge in [0.05, 0.1) is 23.0 Å². The molecule has 1 fully saturated rings. The third-order valence-corrected chi connectivity index (χ3v) is 7.41. The van der Waals surface area contributed by atoms with Gasteiger partial charge in [0.25, 0.3) is 5.78 Å². The molecule has 1 aliphatic heterocycles. The van der Waals surface area contributed by atoms with Gasteiger partial charge in [0.15, 0.2) is 10.9 Å². The van der Waals surface area contributed by atoms with Crippen LogP contribution in [0, 0.1) is 20.8 Å². The van der Waals surface area contributed by atoms with Gasteiger partial charge in [-0.2, -0.15) is 0 Å². The third-order valence-electron chi connectivity index (χ3n) is 6.28. The van der Waals surface area contributed by atoms with Crippen LogP contribution in [0.4, 0.5) is 5.13 Å². The van der Waals surface area contributed by atoms with E-state index in [1.165, 1.54) is 11.0 Å². The first kappa shape index (κ1) is 25.1. The minimum absolute atomic E-state index is 0.0258. The van der Waals surface area contributed by atoms with Gasteiger partial charge < -0.3 is 9.84 Å². The molecule has 3 aromatic heterocycles. The van der Waals surface area contributed by atoms with Crippen LogP contribution in [0.3, 0.4) is 0 Å². The van der Waals surface area contributed by atoms with Gasteiger partial charge in [-0.15, -0.1) is 0 Å². The topological polar surface area (TPSA) is 114 Å². The first-order valence-corrected chi connectivity index (χ1v) is 12.6. The number of carbonyl (C=O) groups is 3. The number of amides is 1. The first-order chi connectivity index (χ1) is 18.2. The van der Waals surface area contributed by atoms with Crippen molar-refractivity contribution >= 4 is 45.5 Å². The van der Waals surface area contributed by atoms with Gasteiger partial charge in [0, 0.05) is 6.20 Å². The molecule has 9 nitrogen and oxygen atoms in total. The molecule has 38 heavy (non-hydrogen) atoms. The van der Waals surface area contributed by atoms with Crippen LogP contribution in [0.1, 0.15) is 43.9 Å². The summed E-state index contributed by atoms with van der Waals surface area (Å²) in [7, 11) is 0. The number of hydrogen-bond acceptors (Lipinski definition) is 8. The Kier molecular flexibility index (Phi) is 6.41. The summed E-state index contributed by atoms with van der Waals surface area (Å²) in [5.41, 5.74) is 3.27. The number of hydrogen-bond donors (Lipinski definition) is 1. The predicted octanol–water partition coefficient (Wildman–Crippen LogP) is 4.69. The van der Waals surface area contributed by atoms with E-state index in [9.17, 15) is 19.5 Å². The van der Waals surface area contributed by atoms with Crippen molar-refractivity contribution in [3.8, 4) is 0 Å². The molecule has 1 saturated heterocycles. The molecular formula is C28H24N4O5S. The van der Waals surface area contributed by atoms with Gasteiger partial charge >= 0.3 is 11.9 Å². The largest absolute Gasteiger partial charge is 0.505 e. The van der Waals surface area contributed by atoms with Crippen molar-refractivity contribution < 1.29 is 24.2 Å². The number of imidazole rings is 1. The zero-order valence-electron chi connectivity index (χ0n) is 21.0. The summed E-state index contributed by atoms with van der Waals surface area (Å²) in [6, 6.07) is 11.7. The van der Waals surface area contributed by atoms with Gasteiger partial charge in [-0.3, -0.25) is 18.9 Å². The molecule has 4 heterocycles. The van der Waals surface area contributed by atoms with Gasteiger partial charge in [-0.1, -0.05) is 59.9 Å². The summed E-state index contributed by atoms with van der Waals surface area (Å²) in [4.78, 5) is 50.0. The maximum absolute atomic E-state index is 13.5. The number of esters is 1. The quantitative estimate of drug-likeness (QED) is 0.127. The van der Waals surface area contributed by atoms with Crippen molar-refractivity contribution in [2.75, 3.05) is 11.5 Å². The van der Waals surface area contributed by atoms with E-state index in [0.717, 1.165) is 16.9 Å². The normalized spacial score (nSPS) is 16.8. The number of pyridine rings is 1. The van der Waals surface area contributed by atoms with Crippen LogP contribution in [0.25, 0.3) is 11.4 Å². The molecule has 4 aromatic rings. The Bertz CT molecular complexity index is 1650. The molecule has 0 saturated carbocycles. The molecule has 0 bridgehead atoms. The third kappa shape index (κ3) is 4.08. The number of ketones is 1. The standard InChI is InChI=1S/C28H24N4O5S/c1-5-14-37-27(36)25-17(4)30-28(38-25)32-22(18-11-9-15(2)10-12-18)20(24(34)26(32)35)23(33)21-16(3)29-19-8-6-7-13-31(19)21/h5-13,22,33H,1,14H2,2-4H3. The number of Topliss-reactive ketones (excluding diaryl/α,β-unsaturated/α-hetero) is 1. The minimum atomic E-state index is -0.980. The van der Waals surface area contributed by atoms with E-state index < -0.39 is 23.7 Å². The van der Waals surface area contributed by atoms with E-state index in [-0.39, 0.29) is 27.9 Å². The van der Waals surface area contributed by atoms with Crippen LogP contribution in [0.2, 0.25) is 0 Å². The molecule has 1 unspecified atom stereocenters. The summed E-state index contributed by atoms with van der Waals surface area (Å²) >= 11 is 0.951. The van der Waals surface area contributed by atoms with Crippen LogP contribution in [0.5, 0.6) is 0 Å². The van der Waals surface area contributed by atoms with Crippen LogP contribution < -0.4 is 4.90 Å². The molecule has 10 heteroatoms. The fourth-order valence-corrected chi connectivity index (χ4v) is 5.48. The lowest BCUT2D eigenvalue weighted by molar-refractivity contribution is -0.132. The van der Waals surface area contributed by atoms with E-state index in [1.54, 1.807) is 48.7 Å². The van der Waals surface area contributed by atoms with Crippen molar-refractivity contribution in [3.63, 3.8) is 0 Å². The van der Waals surface area contributed by atoms with Crippen molar-refractivity contribution in [1.29, 1.82) is 0 Å². The lowest BCUT2D eigenvalue weighted by Gasteiger charge is -2.23. The molecule has 1 aromatic carbocycles. The van der Waals surface area contributed by atoms with Crippen LogP contribution in [0.15, 0.2) is 66.9 Å². The Morgan fingerprint density at radius 2 is 1.84 bits per heavy atom. The molecular weight excluding hydrogens is 504 g/mol. The summed E-state index contributed by atoms with van der Waals surface area (Å²) in [5.74, 6) is -2.66. The summed E-state index contributed by atoms with van der Waals surface area (Å²) < 4.78 is 6.83. The average molecular weight is 529 g/mol.